The lowest BCUT2D eigenvalue weighted by Gasteiger charge is -2.13. The fraction of sp³-hybridized carbons (Fsp3) is 0.318. The molecule has 5 rings (SSSR count). The fourth-order valence-corrected chi connectivity index (χ4v) is 3.67. The van der Waals surface area contributed by atoms with Crippen molar-refractivity contribution in [3.8, 4) is 22.7 Å². The molecule has 1 atom stereocenters. The van der Waals surface area contributed by atoms with E-state index in [0.29, 0.717) is 36.6 Å². The molecule has 0 amide bonds. The third kappa shape index (κ3) is 4.17. The molecule has 1 fully saturated rings. The summed E-state index contributed by atoms with van der Waals surface area (Å²) in [7, 11) is 1.67. The number of nitrogens with zero attached hydrogens (tertiary/aromatic N) is 6. The normalized spacial score (nSPS) is 14.6. The molecule has 0 unspecified atom stereocenters. The highest BCUT2D eigenvalue weighted by Crippen LogP contribution is 2.46. The van der Waals surface area contributed by atoms with Gasteiger partial charge in [-0.15, -0.1) is 0 Å². The molecule has 31 heavy (non-hydrogen) atoms. The van der Waals surface area contributed by atoms with Gasteiger partial charge in [0, 0.05) is 18.9 Å². The Labute approximate surface area is 179 Å². The van der Waals surface area contributed by atoms with Crippen LogP contribution in [0.3, 0.4) is 0 Å². The van der Waals surface area contributed by atoms with Gasteiger partial charge in [0.05, 0.1) is 48.9 Å². The monoisotopic (exact) mass is 417 g/mol. The van der Waals surface area contributed by atoms with Crippen molar-refractivity contribution in [3.05, 3.63) is 60.4 Å². The van der Waals surface area contributed by atoms with E-state index in [-0.39, 0.29) is 5.92 Å². The first-order valence-electron chi connectivity index (χ1n) is 10.2. The molecule has 9 heteroatoms. The Bertz CT molecular complexity index is 1150. The molecule has 0 saturated heterocycles. The molecule has 3 heterocycles. The highest BCUT2D eigenvalue weighted by molar-refractivity contribution is 5.59. The number of methoxy groups -OCH3 is 1. The van der Waals surface area contributed by atoms with Crippen LogP contribution in [0, 0.1) is 5.92 Å². The Morgan fingerprint density at radius 3 is 2.68 bits per heavy atom. The predicted octanol–water partition coefficient (Wildman–Crippen LogP) is 3.16. The van der Waals surface area contributed by atoms with E-state index in [1.54, 1.807) is 30.4 Å². The third-order valence-corrected chi connectivity index (χ3v) is 5.46. The van der Waals surface area contributed by atoms with E-state index >= 15 is 0 Å². The van der Waals surface area contributed by atoms with Gasteiger partial charge in [0.2, 0.25) is 0 Å². The van der Waals surface area contributed by atoms with Crippen molar-refractivity contribution in [1.29, 1.82) is 0 Å². The van der Waals surface area contributed by atoms with Crippen molar-refractivity contribution in [2.24, 2.45) is 5.92 Å². The number of rotatable bonds is 8. The summed E-state index contributed by atoms with van der Waals surface area (Å²) in [6.45, 7) is 1.27. The van der Waals surface area contributed by atoms with Crippen molar-refractivity contribution < 1.29 is 9.26 Å². The van der Waals surface area contributed by atoms with E-state index in [2.05, 4.69) is 32.4 Å². The second-order valence-corrected chi connectivity index (χ2v) is 7.71. The van der Waals surface area contributed by atoms with Crippen molar-refractivity contribution in [2.75, 3.05) is 19.5 Å². The smallest absolute Gasteiger partial charge is 0.261 e. The molecule has 0 bridgehead atoms. The Balaban J connectivity index is 1.38. The molecule has 1 aliphatic rings. The van der Waals surface area contributed by atoms with E-state index < -0.39 is 0 Å². The van der Waals surface area contributed by atoms with Gasteiger partial charge in [-0.25, -0.2) is 4.98 Å². The zero-order valence-electron chi connectivity index (χ0n) is 17.2. The minimum atomic E-state index is 0.104. The molecule has 1 saturated carbocycles. The quantitative estimate of drug-likeness (QED) is 0.464. The highest BCUT2D eigenvalue weighted by Gasteiger charge is 2.36. The van der Waals surface area contributed by atoms with Crippen LogP contribution in [0.25, 0.3) is 22.7 Å². The van der Waals surface area contributed by atoms with Gasteiger partial charge in [0.15, 0.2) is 5.82 Å². The summed E-state index contributed by atoms with van der Waals surface area (Å²) in [5.41, 5.74) is 9.38. The topological polar surface area (TPSA) is 118 Å². The van der Waals surface area contributed by atoms with Crippen LogP contribution in [0.4, 0.5) is 5.82 Å². The highest BCUT2D eigenvalue weighted by atomic mass is 16.5. The van der Waals surface area contributed by atoms with Gasteiger partial charge in [0.1, 0.15) is 5.82 Å². The summed E-state index contributed by atoms with van der Waals surface area (Å²) < 4.78 is 12.5. The van der Waals surface area contributed by atoms with Crippen molar-refractivity contribution in [3.63, 3.8) is 0 Å². The van der Waals surface area contributed by atoms with Crippen molar-refractivity contribution >= 4 is 5.82 Å². The zero-order valence-corrected chi connectivity index (χ0v) is 17.2. The summed E-state index contributed by atoms with van der Waals surface area (Å²) >= 11 is 0. The van der Waals surface area contributed by atoms with Crippen LogP contribution < -0.4 is 5.73 Å². The number of ether oxygens (including phenoxy) is 1. The zero-order chi connectivity index (χ0) is 21.2. The van der Waals surface area contributed by atoms with Crippen LogP contribution in [0.2, 0.25) is 0 Å². The average Bonchev–Trinajstić information content (AvgIpc) is 3.31. The lowest BCUT2D eigenvalue weighted by Crippen LogP contribution is -2.06. The van der Waals surface area contributed by atoms with Crippen LogP contribution in [-0.4, -0.2) is 43.6 Å². The molecule has 4 aromatic rings. The molecular weight excluding hydrogens is 394 g/mol. The Morgan fingerprint density at radius 2 is 1.97 bits per heavy atom. The standard InChI is InChI=1S/C22H23N7O2/c1-30-9-8-29-13-17(10-26-29)22-27-21(28-31-22)20(16-6-7-16)15-4-2-14(3-5-15)18-11-25-19(23)12-24-18/h2-5,10-13,16,20H,6-9H2,1H3,(H2,23,25)/t20-/m0/s1. The lowest BCUT2D eigenvalue weighted by molar-refractivity contribution is 0.183. The first-order valence-corrected chi connectivity index (χ1v) is 10.2. The first-order chi connectivity index (χ1) is 15.2. The summed E-state index contributed by atoms with van der Waals surface area (Å²) in [5, 5.41) is 8.63. The third-order valence-electron chi connectivity index (χ3n) is 5.46. The van der Waals surface area contributed by atoms with Gasteiger partial charge in [0.25, 0.3) is 5.89 Å². The molecule has 1 aromatic carbocycles. The van der Waals surface area contributed by atoms with Gasteiger partial charge >= 0.3 is 0 Å². The molecule has 2 N–H and O–H groups in total. The Hall–Kier alpha value is -3.59. The number of hydrogen-bond acceptors (Lipinski definition) is 8. The number of nitrogens with two attached hydrogens (primary N) is 1. The largest absolute Gasteiger partial charge is 0.383 e. The number of aromatic nitrogens is 6. The summed E-state index contributed by atoms with van der Waals surface area (Å²) in [5.74, 6) is 2.23. The number of hydrogen-bond donors (Lipinski definition) is 1. The van der Waals surface area contributed by atoms with E-state index in [0.717, 1.165) is 35.2 Å². The number of nitrogen functional groups attached to an aromatic ring is 1. The molecule has 0 radical (unpaired) electrons. The van der Waals surface area contributed by atoms with Crippen LogP contribution in [0.15, 0.2) is 53.6 Å². The van der Waals surface area contributed by atoms with Crippen molar-refractivity contribution in [1.82, 2.24) is 29.9 Å². The van der Waals surface area contributed by atoms with E-state index in [1.807, 2.05) is 18.3 Å². The van der Waals surface area contributed by atoms with Gasteiger partial charge in [-0.3, -0.25) is 9.67 Å². The second kappa shape index (κ2) is 8.27. The first kappa shape index (κ1) is 19.4. The second-order valence-electron chi connectivity index (χ2n) is 7.71. The Kier molecular flexibility index (Phi) is 5.17. The molecule has 1 aliphatic carbocycles. The van der Waals surface area contributed by atoms with Crippen LogP contribution in [-0.2, 0) is 11.3 Å². The molecule has 0 spiro atoms. The van der Waals surface area contributed by atoms with Crippen LogP contribution in [0.1, 0.15) is 30.1 Å². The van der Waals surface area contributed by atoms with Crippen LogP contribution in [0.5, 0.6) is 0 Å². The van der Waals surface area contributed by atoms with E-state index in [9.17, 15) is 0 Å². The number of benzene rings is 1. The van der Waals surface area contributed by atoms with Crippen molar-refractivity contribution in [2.45, 2.75) is 25.3 Å². The minimum absolute atomic E-state index is 0.104. The van der Waals surface area contributed by atoms with Gasteiger partial charge in [-0.05, 0) is 24.3 Å². The predicted molar refractivity (Wildman–Crippen MR) is 114 cm³/mol. The lowest BCUT2D eigenvalue weighted by atomic mass is 9.92. The SMILES string of the molecule is COCCn1cc(-c2nc([C@@H](c3ccc(-c4cnc(N)cn4)cc3)C3CC3)no2)cn1. The van der Waals surface area contributed by atoms with Gasteiger partial charge < -0.3 is 15.0 Å². The minimum Gasteiger partial charge on any atom is -0.383 e. The molecular formula is C22H23N7O2. The average molecular weight is 417 g/mol. The molecule has 9 nitrogen and oxygen atoms in total. The fourth-order valence-electron chi connectivity index (χ4n) is 3.67. The Morgan fingerprint density at radius 1 is 1.13 bits per heavy atom. The summed E-state index contributed by atoms with van der Waals surface area (Å²) in [6.07, 6.45) is 9.20. The maximum Gasteiger partial charge on any atom is 0.261 e. The van der Waals surface area contributed by atoms with Crippen LogP contribution >= 0.6 is 0 Å². The maximum absolute atomic E-state index is 5.63. The van der Waals surface area contributed by atoms with E-state index in [4.69, 9.17) is 20.0 Å². The van der Waals surface area contributed by atoms with Gasteiger partial charge in [-0.2, -0.15) is 10.1 Å². The molecule has 0 aliphatic heterocycles. The molecule has 3 aromatic heterocycles. The van der Waals surface area contributed by atoms with E-state index in [1.165, 1.54) is 0 Å². The summed E-state index contributed by atoms with van der Waals surface area (Å²) in [6, 6.07) is 8.31. The number of anilines is 1. The molecule has 158 valence electrons. The summed E-state index contributed by atoms with van der Waals surface area (Å²) in [4.78, 5) is 13.2. The maximum atomic E-state index is 5.63. The van der Waals surface area contributed by atoms with Gasteiger partial charge in [-0.1, -0.05) is 29.4 Å².